The summed E-state index contributed by atoms with van der Waals surface area (Å²) in [5.74, 6) is -1.38. The summed E-state index contributed by atoms with van der Waals surface area (Å²) in [7, 11) is 0. The van der Waals surface area contributed by atoms with E-state index in [-0.39, 0.29) is 18.0 Å². The van der Waals surface area contributed by atoms with E-state index in [4.69, 9.17) is 11.1 Å². The number of nitrogens with zero attached hydrogens (tertiary/aromatic N) is 2. The zero-order chi connectivity index (χ0) is 23.0. The van der Waals surface area contributed by atoms with E-state index in [1.807, 2.05) is 16.7 Å². The average Bonchev–Trinajstić information content (AvgIpc) is 2.79. The standard InChI is InChI=1S/C24H23FN4O3/c1-24(14-30)13-28(18-6-2-15(3-7-18)23(31)32)21-11-20(27)16(12-26)10-22(21)29(24)19-8-4-17(25)5-9-19/h2-12,26,30H,13-14,27H2,1H3,(H,31,32)/t24-/m1/s1. The van der Waals surface area contributed by atoms with Crippen molar-refractivity contribution in [2.45, 2.75) is 12.5 Å². The van der Waals surface area contributed by atoms with Gasteiger partial charge in [-0.15, -0.1) is 0 Å². The van der Waals surface area contributed by atoms with E-state index in [9.17, 15) is 19.4 Å². The fourth-order valence-corrected chi connectivity index (χ4v) is 4.09. The smallest absolute Gasteiger partial charge is 0.335 e. The summed E-state index contributed by atoms with van der Waals surface area (Å²) >= 11 is 0. The number of aromatic carboxylic acids is 1. The first-order valence-electron chi connectivity index (χ1n) is 9.99. The van der Waals surface area contributed by atoms with Crippen LogP contribution >= 0.6 is 0 Å². The normalized spacial score (nSPS) is 17.7. The molecule has 0 radical (unpaired) electrons. The zero-order valence-electron chi connectivity index (χ0n) is 17.4. The van der Waals surface area contributed by atoms with Gasteiger partial charge in [0, 0.05) is 35.4 Å². The molecular formula is C24H23FN4O3. The number of hydrogen-bond acceptors (Lipinski definition) is 6. The molecule has 3 aromatic carbocycles. The number of nitrogens with two attached hydrogens (primary N) is 1. The molecule has 0 aromatic heterocycles. The molecule has 0 saturated heterocycles. The molecule has 0 bridgehead atoms. The molecule has 1 atom stereocenters. The lowest BCUT2D eigenvalue weighted by Gasteiger charge is -2.50. The fourth-order valence-electron chi connectivity index (χ4n) is 4.09. The molecule has 1 aliphatic rings. The van der Waals surface area contributed by atoms with Crippen molar-refractivity contribution in [3.63, 3.8) is 0 Å². The van der Waals surface area contributed by atoms with E-state index in [0.29, 0.717) is 29.2 Å². The van der Waals surface area contributed by atoms with Crippen LogP contribution in [-0.4, -0.2) is 41.1 Å². The molecule has 3 aromatic rings. The van der Waals surface area contributed by atoms with Crippen molar-refractivity contribution in [3.8, 4) is 0 Å². The number of rotatable bonds is 5. The van der Waals surface area contributed by atoms with Gasteiger partial charge in [-0.2, -0.15) is 0 Å². The van der Waals surface area contributed by atoms with Crippen molar-refractivity contribution >= 4 is 40.6 Å². The highest BCUT2D eigenvalue weighted by Gasteiger charge is 2.41. The maximum Gasteiger partial charge on any atom is 0.335 e. The molecule has 7 nitrogen and oxygen atoms in total. The second-order valence-electron chi connectivity index (χ2n) is 8.02. The van der Waals surface area contributed by atoms with E-state index in [1.54, 1.807) is 36.4 Å². The minimum absolute atomic E-state index is 0.169. The number of carbonyl (C=O) groups is 1. The minimum Gasteiger partial charge on any atom is -0.478 e. The summed E-state index contributed by atoms with van der Waals surface area (Å²) in [6, 6.07) is 16.0. The molecule has 0 spiro atoms. The SMILES string of the molecule is C[C@]1(CO)CN(c2ccc(C(=O)O)cc2)c2cc(N)c(C=N)cc2N1c1ccc(F)cc1. The Hall–Kier alpha value is -3.91. The van der Waals surface area contributed by atoms with Crippen LogP contribution in [0.4, 0.5) is 32.8 Å². The third-order valence-corrected chi connectivity index (χ3v) is 5.76. The molecule has 0 fully saturated rings. The molecule has 1 heterocycles. The molecule has 32 heavy (non-hydrogen) atoms. The number of hydrogen-bond donors (Lipinski definition) is 4. The Morgan fingerprint density at radius 1 is 1.12 bits per heavy atom. The number of fused-ring (bicyclic) bond motifs is 1. The highest BCUT2D eigenvalue weighted by atomic mass is 19.1. The highest BCUT2D eigenvalue weighted by molar-refractivity contribution is 5.95. The number of anilines is 5. The Labute approximate surface area is 184 Å². The van der Waals surface area contributed by atoms with Crippen LogP contribution in [0.2, 0.25) is 0 Å². The van der Waals surface area contributed by atoms with E-state index in [0.717, 1.165) is 17.6 Å². The van der Waals surface area contributed by atoms with Gasteiger partial charge in [-0.25, -0.2) is 9.18 Å². The van der Waals surface area contributed by atoms with Crippen molar-refractivity contribution in [3.05, 3.63) is 77.6 Å². The summed E-state index contributed by atoms with van der Waals surface area (Å²) < 4.78 is 13.6. The lowest BCUT2D eigenvalue weighted by atomic mass is 9.91. The predicted molar refractivity (Wildman–Crippen MR) is 123 cm³/mol. The zero-order valence-corrected chi connectivity index (χ0v) is 17.4. The number of aliphatic hydroxyl groups excluding tert-OH is 1. The Morgan fingerprint density at radius 2 is 1.75 bits per heavy atom. The predicted octanol–water partition coefficient (Wildman–Crippen LogP) is 4.14. The van der Waals surface area contributed by atoms with E-state index in [1.165, 1.54) is 24.3 Å². The van der Waals surface area contributed by atoms with Crippen LogP contribution in [0.1, 0.15) is 22.8 Å². The van der Waals surface area contributed by atoms with Gasteiger partial charge in [-0.05, 0) is 67.6 Å². The van der Waals surface area contributed by atoms with Crippen molar-refractivity contribution in [2.75, 3.05) is 28.7 Å². The summed E-state index contributed by atoms with van der Waals surface area (Å²) in [5.41, 5.74) is 9.31. The lowest BCUT2D eigenvalue weighted by molar-refractivity contribution is 0.0697. The fraction of sp³-hybridized carbons (Fsp3) is 0.167. The molecule has 5 N–H and O–H groups in total. The van der Waals surface area contributed by atoms with Crippen molar-refractivity contribution in [1.29, 1.82) is 5.41 Å². The van der Waals surface area contributed by atoms with Crippen molar-refractivity contribution in [2.24, 2.45) is 0 Å². The number of aliphatic hydroxyl groups is 1. The molecule has 1 aliphatic heterocycles. The van der Waals surface area contributed by atoms with Crippen molar-refractivity contribution in [1.82, 2.24) is 0 Å². The van der Waals surface area contributed by atoms with E-state index in [2.05, 4.69) is 0 Å². The molecular weight excluding hydrogens is 411 g/mol. The number of benzene rings is 3. The third-order valence-electron chi connectivity index (χ3n) is 5.76. The Kier molecular flexibility index (Phi) is 5.31. The van der Waals surface area contributed by atoms with Crippen LogP contribution in [0.15, 0.2) is 60.7 Å². The second-order valence-corrected chi connectivity index (χ2v) is 8.02. The van der Waals surface area contributed by atoms with Gasteiger partial charge in [-0.3, -0.25) is 0 Å². The molecule has 4 rings (SSSR count). The van der Waals surface area contributed by atoms with Crippen LogP contribution < -0.4 is 15.5 Å². The quantitative estimate of drug-likeness (QED) is 0.354. The second kappa shape index (κ2) is 7.97. The van der Waals surface area contributed by atoms with Crippen LogP contribution in [0.25, 0.3) is 0 Å². The average molecular weight is 434 g/mol. The molecule has 8 heteroatoms. The number of carboxylic acids is 1. The molecule has 0 saturated carbocycles. The Morgan fingerprint density at radius 3 is 2.31 bits per heavy atom. The molecule has 0 aliphatic carbocycles. The molecule has 164 valence electrons. The number of carboxylic acid groups (broad SMARTS) is 1. The van der Waals surface area contributed by atoms with Gasteiger partial charge >= 0.3 is 5.97 Å². The maximum atomic E-state index is 13.6. The molecule has 0 unspecified atom stereocenters. The molecule has 0 amide bonds. The third kappa shape index (κ3) is 3.54. The lowest BCUT2D eigenvalue weighted by Crippen LogP contribution is -2.57. The van der Waals surface area contributed by atoms with Crippen molar-refractivity contribution < 1.29 is 19.4 Å². The van der Waals surface area contributed by atoms with Gasteiger partial charge < -0.3 is 31.2 Å². The first kappa shape index (κ1) is 21.3. The van der Waals surface area contributed by atoms with E-state index >= 15 is 0 Å². The largest absolute Gasteiger partial charge is 0.478 e. The van der Waals surface area contributed by atoms with Crippen LogP contribution in [0, 0.1) is 11.2 Å². The Bertz CT molecular complexity index is 1180. The van der Waals surface area contributed by atoms with Gasteiger partial charge in [0.05, 0.1) is 29.1 Å². The first-order valence-corrected chi connectivity index (χ1v) is 9.99. The summed E-state index contributed by atoms with van der Waals surface area (Å²) in [6.45, 7) is 2.03. The van der Waals surface area contributed by atoms with Crippen LogP contribution in [-0.2, 0) is 0 Å². The maximum absolute atomic E-state index is 13.6. The van der Waals surface area contributed by atoms with Crippen LogP contribution in [0.5, 0.6) is 0 Å². The summed E-state index contributed by atoms with van der Waals surface area (Å²) in [6.07, 6.45) is 1.16. The highest BCUT2D eigenvalue weighted by Crippen LogP contribution is 2.48. The number of nitrogens with one attached hydrogen (secondary N) is 1. The topological polar surface area (TPSA) is 114 Å². The summed E-state index contributed by atoms with van der Waals surface area (Å²) in [4.78, 5) is 15.1. The minimum atomic E-state index is -1.02. The van der Waals surface area contributed by atoms with Gasteiger partial charge in [0.2, 0.25) is 0 Å². The number of halogens is 1. The van der Waals surface area contributed by atoms with E-state index < -0.39 is 11.5 Å². The van der Waals surface area contributed by atoms with Gasteiger partial charge in [0.15, 0.2) is 0 Å². The van der Waals surface area contributed by atoms with Gasteiger partial charge in [0.25, 0.3) is 0 Å². The monoisotopic (exact) mass is 434 g/mol. The van der Waals surface area contributed by atoms with Gasteiger partial charge in [-0.1, -0.05) is 0 Å². The number of nitrogen functional groups attached to an aromatic ring is 1. The summed E-state index contributed by atoms with van der Waals surface area (Å²) in [5, 5.41) is 27.4. The Balaban J connectivity index is 1.94. The van der Waals surface area contributed by atoms with Crippen LogP contribution in [0.3, 0.4) is 0 Å². The van der Waals surface area contributed by atoms with Gasteiger partial charge in [0.1, 0.15) is 5.82 Å². The first-order chi connectivity index (χ1) is 15.3.